The Labute approximate surface area is 280 Å². The van der Waals surface area contributed by atoms with Gasteiger partial charge >= 0.3 is 12.1 Å². The number of carbonyl (C=O) groups excluding carboxylic acids is 4. The smallest absolute Gasteiger partial charge is 0.408 e. The Balaban J connectivity index is 1.28. The molecule has 3 aromatic rings. The van der Waals surface area contributed by atoms with Crippen molar-refractivity contribution in [1.29, 1.82) is 0 Å². The van der Waals surface area contributed by atoms with Gasteiger partial charge in [0.25, 0.3) is 0 Å². The number of rotatable bonds is 12. The van der Waals surface area contributed by atoms with E-state index in [1.54, 1.807) is 19.1 Å². The number of cyclic esters (lactones) is 1. The van der Waals surface area contributed by atoms with E-state index in [0.29, 0.717) is 18.8 Å². The molecule has 0 bridgehead atoms. The van der Waals surface area contributed by atoms with Crippen molar-refractivity contribution in [2.75, 3.05) is 13.2 Å². The lowest BCUT2D eigenvalue weighted by Crippen LogP contribution is -2.45. The zero-order valence-corrected chi connectivity index (χ0v) is 27.0. The van der Waals surface area contributed by atoms with E-state index in [2.05, 4.69) is 16.0 Å². The normalized spacial score (nSPS) is 19.0. The Morgan fingerprint density at radius 1 is 0.896 bits per heavy atom. The Morgan fingerprint density at radius 3 is 2.21 bits per heavy atom. The van der Waals surface area contributed by atoms with Crippen molar-refractivity contribution in [2.45, 2.75) is 64.0 Å². The highest BCUT2D eigenvalue weighted by Crippen LogP contribution is 2.17. The standard InChI is InChI=1S/C37H43N3O8/c1-26-22-38-35(43)30(14-8-9-15-33(36(44)48-26)40-37(45)47-25-29-12-6-3-7-13-29)21-34(42)39-31(23-41)20-27-16-18-32(19-17-27)46-24-28-10-4-2-5-11-28/h2-13,16-19,26,30-31,33,41H,14-15,20-25H2,1H3,(H,38,43)(H,39,42)(H,40,45)/t26-,30+,31-,33+/m0/s1. The fraction of sp³-hybridized carbons (Fsp3) is 0.351. The zero-order chi connectivity index (χ0) is 34.1. The SMILES string of the molecule is C[C@H]1CNC(=O)[C@@H](CC(=O)N[C@H](CO)Cc2ccc(OCc3ccccc3)cc2)CC=CC[C@@H](NC(=O)OCc2ccccc2)C(=O)O1. The highest BCUT2D eigenvalue weighted by molar-refractivity contribution is 5.86. The summed E-state index contributed by atoms with van der Waals surface area (Å²) in [4.78, 5) is 51.3. The summed E-state index contributed by atoms with van der Waals surface area (Å²) in [6.07, 6.45) is 2.53. The molecule has 1 aliphatic heterocycles. The van der Waals surface area contributed by atoms with E-state index in [1.807, 2.05) is 84.9 Å². The van der Waals surface area contributed by atoms with E-state index < -0.39 is 36.2 Å². The summed E-state index contributed by atoms with van der Waals surface area (Å²) in [7, 11) is 0. The Bertz CT molecular complexity index is 1500. The Hall–Kier alpha value is -5.16. The number of amides is 3. The van der Waals surface area contributed by atoms with Gasteiger partial charge in [0.05, 0.1) is 25.1 Å². The minimum absolute atomic E-state index is 0.0297. The number of aliphatic hydroxyl groups excluding tert-OH is 1. The molecule has 0 saturated carbocycles. The van der Waals surface area contributed by atoms with Crippen molar-refractivity contribution >= 4 is 23.9 Å². The number of alkyl carbamates (subject to hydrolysis) is 1. The molecule has 11 nitrogen and oxygen atoms in total. The van der Waals surface area contributed by atoms with Crippen molar-refractivity contribution in [3.05, 3.63) is 114 Å². The Kier molecular flexibility index (Phi) is 14.0. The predicted molar refractivity (Wildman–Crippen MR) is 179 cm³/mol. The van der Waals surface area contributed by atoms with Crippen LogP contribution in [0.3, 0.4) is 0 Å². The molecule has 4 atom stereocenters. The van der Waals surface area contributed by atoms with Crippen LogP contribution in [-0.2, 0) is 43.5 Å². The van der Waals surface area contributed by atoms with Gasteiger partial charge in [-0.25, -0.2) is 9.59 Å². The minimum Gasteiger partial charge on any atom is -0.489 e. The van der Waals surface area contributed by atoms with Crippen molar-refractivity contribution < 1.29 is 38.5 Å². The van der Waals surface area contributed by atoms with Crippen LogP contribution in [0.15, 0.2) is 97.1 Å². The van der Waals surface area contributed by atoms with E-state index >= 15 is 0 Å². The van der Waals surface area contributed by atoms with Gasteiger partial charge in [-0.05, 0) is 55.0 Å². The average molecular weight is 658 g/mol. The van der Waals surface area contributed by atoms with Crippen LogP contribution in [0, 0.1) is 5.92 Å². The van der Waals surface area contributed by atoms with Crippen molar-refractivity contribution in [2.24, 2.45) is 5.92 Å². The van der Waals surface area contributed by atoms with Crippen LogP contribution >= 0.6 is 0 Å². The summed E-state index contributed by atoms with van der Waals surface area (Å²) in [5, 5.41) is 18.1. The summed E-state index contributed by atoms with van der Waals surface area (Å²) in [5.41, 5.74) is 2.77. The molecule has 0 unspecified atom stereocenters. The van der Waals surface area contributed by atoms with Crippen LogP contribution in [0.25, 0.3) is 0 Å². The van der Waals surface area contributed by atoms with Crippen molar-refractivity contribution in [3.63, 3.8) is 0 Å². The molecule has 254 valence electrons. The fourth-order valence-electron chi connectivity index (χ4n) is 5.03. The topological polar surface area (TPSA) is 152 Å². The van der Waals surface area contributed by atoms with Gasteiger partial charge in [-0.1, -0.05) is 84.9 Å². The number of esters is 1. The van der Waals surface area contributed by atoms with Gasteiger partial charge in [0.2, 0.25) is 11.8 Å². The van der Waals surface area contributed by atoms with E-state index in [4.69, 9.17) is 14.2 Å². The largest absolute Gasteiger partial charge is 0.489 e. The second-order valence-corrected chi connectivity index (χ2v) is 11.7. The second kappa shape index (κ2) is 18.9. The van der Waals surface area contributed by atoms with Gasteiger partial charge in [0, 0.05) is 6.42 Å². The maximum Gasteiger partial charge on any atom is 0.408 e. The first-order chi connectivity index (χ1) is 23.3. The van der Waals surface area contributed by atoms with Gasteiger partial charge in [0.15, 0.2) is 0 Å². The highest BCUT2D eigenvalue weighted by Gasteiger charge is 2.27. The molecule has 11 heteroatoms. The van der Waals surface area contributed by atoms with E-state index in [9.17, 15) is 24.3 Å². The molecule has 48 heavy (non-hydrogen) atoms. The molecular formula is C37H43N3O8. The monoisotopic (exact) mass is 657 g/mol. The first-order valence-electron chi connectivity index (χ1n) is 16.1. The molecule has 0 saturated heterocycles. The first-order valence-corrected chi connectivity index (χ1v) is 16.1. The van der Waals surface area contributed by atoms with E-state index in [-0.39, 0.29) is 50.8 Å². The summed E-state index contributed by atoms with van der Waals surface area (Å²) in [5.74, 6) is -1.38. The molecule has 0 fully saturated rings. The lowest BCUT2D eigenvalue weighted by molar-refractivity contribution is -0.151. The van der Waals surface area contributed by atoms with Gasteiger partial charge in [-0.15, -0.1) is 0 Å². The lowest BCUT2D eigenvalue weighted by Gasteiger charge is -2.23. The molecule has 1 aliphatic rings. The van der Waals surface area contributed by atoms with Crippen LogP contribution in [0.4, 0.5) is 4.79 Å². The maximum atomic E-state index is 13.0. The van der Waals surface area contributed by atoms with Gasteiger partial charge in [-0.3, -0.25) is 9.59 Å². The summed E-state index contributed by atoms with van der Waals surface area (Å²) >= 11 is 0. The molecule has 3 amide bonds. The highest BCUT2D eigenvalue weighted by atomic mass is 16.6. The zero-order valence-electron chi connectivity index (χ0n) is 27.0. The second-order valence-electron chi connectivity index (χ2n) is 11.7. The first kappa shape index (κ1) is 35.7. The van der Waals surface area contributed by atoms with Crippen LogP contribution in [-0.4, -0.2) is 60.3 Å². The van der Waals surface area contributed by atoms with Crippen LogP contribution in [0.5, 0.6) is 5.75 Å². The third-order valence-corrected chi connectivity index (χ3v) is 7.67. The van der Waals surface area contributed by atoms with Crippen molar-refractivity contribution in [1.82, 2.24) is 16.0 Å². The number of hydrogen-bond donors (Lipinski definition) is 4. The molecule has 4 rings (SSSR count). The molecular weight excluding hydrogens is 614 g/mol. The minimum atomic E-state index is -1.00. The van der Waals surface area contributed by atoms with Crippen LogP contribution < -0.4 is 20.7 Å². The molecule has 0 aromatic heterocycles. The van der Waals surface area contributed by atoms with E-state index in [0.717, 1.165) is 16.7 Å². The summed E-state index contributed by atoms with van der Waals surface area (Å²) in [6, 6.07) is 24.9. The number of benzene rings is 3. The predicted octanol–water partition coefficient (Wildman–Crippen LogP) is 3.98. The van der Waals surface area contributed by atoms with Gasteiger partial charge < -0.3 is 35.3 Å². The molecule has 0 radical (unpaired) electrons. The summed E-state index contributed by atoms with van der Waals surface area (Å²) < 4.78 is 16.5. The van der Waals surface area contributed by atoms with Crippen LogP contribution in [0.2, 0.25) is 0 Å². The Morgan fingerprint density at radius 2 is 1.54 bits per heavy atom. The van der Waals surface area contributed by atoms with Gasteiger partial charge in [-0.2, -0.15) is 0 Å². The quantitative estimate of drug-likeness (QED) is 0.169. The number of hydrogen-bond acceptors (Lipinski definition) is 8. The van der Waals surface area contributed by atoms with Gasteiger partial charge in [0.1, 0.15) is 31.1 Å². The molecule has 4 N–H and O–H groups in total. The lowest BCUT2D eigenvalue weighted by atomic mass is 9.98. The maximum absolute atomic E-state index is 13.0. The number of allylic oxidation sites excluding steroid dienone is 1. The third-order valence-electron chi connectivity index (χ3n) is 7.67. The third kappa shape index (κ3) is 12.2. The number of carbonyl (C=O) groups is 4. The fourth-order valence-corrected chi connectivity index (χ4v) is 5.03. The number of nitrogens with one attached hydrogen (secondary N) is 3. The van der Waals surface area contributed by atoms with E-state index in [1.165, 1.54) is 0 Å². The molecule has 0 spiro atoms. The summed E-state index contributed by atoms with van der Waals surface area (Å²) in [6.45, 7) is 1.87. The number of aliphatic hydroxyl groups is 1. The van der Waals surface area contributed by atoms with Crippen LogP contribution in [0.1, 0.15) is 42.9 Å². The van der Waals surface area contributed by atoms with Crippen molar-refractivity contribution in [3.8, 4) is 5.75 Å². The number of ether oxygens (including phenoxy) is 3. The molecule has 0 aliphatic carbocycles. The molecule has 3 aromatic carbocycles. The average Bonchev–Trinajstić information content (AvgIpc) is 3.10. The molecule has 1 heterocycles.